The molecule has 0 spiro atoms. The SMILES string of the molecule is CCOC(=O)c1sc2nc(C)nc(NC(c3ccccc3)c3n[nH]c(C)n3)c2c1C. The number of hydrogen-bond acceptors (Lipinski definition) is 8. The lowest BCUT2D eigenvalue weighted by Gasteiger charge is -2.18. The number of H-pyrrole nitrogens is 1. The van der Waals surface area contributed by atoms with E-state index in [0.717, 1.165) is 27.2 Å². The zero-order chi connectivity index (χ0) is 21.3. The third-order valence-electron chi connectivity index (χ3n) is 4.65. The molecule has 0 amide bonds. The standard InChI is InChI=1S/C21H22N6O2S/c1-5-29-21(28)17-11(2)15-18(22-12(3)24-20(15)30-17)25-16(14-9-7-6-8-10-14)19-23-13(4)26-27-19/h6-10,16H,5H2,1-4H3,(H,22,24,25)(H,23,26,27). The molecule has 4 rings (SSSR count). The largest absolute Gasteiger partial charge is 0.462 e. The number of esters is 1. The van der Waals surface area contributed by atoms with E-state index >= 15 is 0 Å². The van der Waals surface area contributed by atoms with Gasteiger partial charge in [-0.1, -0.05) is 30.3 Å². The minimum absolute atomic E-state index is 0.320. The van der Waals surface area contributed by atoms with Gasteiger partial charge >= 0.3 is 5.97 Å². The molecule has 3 aromatic heterocycles. The number of ether oxygens (including phenoxy) is 1. The predicted octanol–water partition coefficient (Wildman–Crippen LogP) is 4.11. The third-order valence-corrected chi connectivity index (χ3v) is 5.82. The van der Waals surface area contributed by atoms with Crippen LogP contribution in [0, 0.1) is 20.8 Å². The Balaban J connectivity index is 1.83. The number of aryl methyl sites for hydroxylation is 3. The Kier molecular flexibility index (Phi) is 5.45. The minimum atomic E-state index is -0.342. The average molecular weight is 423 g/mol. The van der Waals surface area contributed by atoms with Crippen LogP contribution in [-0.2, 0) is 4.74 Å². The van der Waals surface area contributed by atoms with Crippen LogP contribution in [0.15, 0.2) is 30.3 Å². The van der Waals surface area contributed by atoms with E-state index in [1.54, 1.807) is 6.92 Å². The first-order chi connectivity index (χ1) is 14.5. The van der Waals surface area contributed by atoms with E-state index in [-0.39, 0.29) is 12.0 Å². The molecule has 2 N–H and O–H groups in total. The van der Waals surface area contributed by atoms with Crippen molar-refractivity contribution < 1.29 is 9.53 Å². The number of nitrogens with zero attached hydrogens (tertiary/aromatic N) is 4. The van der Waals surface area contributed by atoms with Crippen molar-refractivity contribution in [2.24, 2.45) is 0 Å². The first kappa shape index (κ1) is 20.0. The van der Waals surface area contributed by atoms with Crippen LogP contribution in [0.4, 0.5) is 5.82 Å². The summed E-state index contributed by atoms with van der Waals surface area (Å²) in [6, 6.07) is 9.61. The number of aromatic nitrogens is 5. The molecule has 0 saturated heterocycles. The zero-order valence-electron chi connectivity index (χ0n) is 17.2. The first-order valence-corrected chi connectivity index (χ1v) is 10.4. The van der Waals surface area contributed by atoms with Crippen molar-refractivity contribution in [2.75, 3.05) is 11.9 Å². The maximum absolute atomic E-state index is 12.4. The number of fused-ring (bicyclic) bond motifs is 1. The number of rotatable bonds is 6. The predicted molar refractivity (Wildman–Crippen MR) is 116 cm³/mol. The number of hydrogen-bond donors (Lipinski definition) is 2. The van der Waals surface area contributed by atoms with E-state index in [0.29, 0.717) is 29.0 Å². The molecule has 8 nitrogen and oxygen atoms in total. The Morgan fingerprint density at radius 2 is 1.93 bits per heavy atom. The quantitative estimate of drug-likeness (QED) is 0.450. The maximum Gasteiger partial charge on any atom is 0.348 e. The summed E-state index contributed by atoms with van der Waals surface area (Å²) in [5.41, 5.74) is 1.80. The maximum atomic E-state index is 12.4. The number of carbonyl (C=O) groups excluding carboxylic acids is 1. The summed E-state index contributed by atoms with van der Waals surface area (Å²) in [5, 5.41) is 11.6. The average Bonchev–Trinajstić information content (AvgIpc) is 3.30. The van der Waals surface area contributed by atoms with E-state index in [9.17, 15) is 4.79 Å². The van der Waals surface area contributed by atoms with Crippen LogP contribution in [0.25, 0.3) is 10.2 Å². The molecule has 0 aliphatic heterocycles. The molecule has 0 aliphatic rings. The summed E-state index contributed by atoms with van der Waals surface area (Å²) in [7, 11) is 0. The van der Waals surface area contributed by atoms with Gasteiger partial charge in [-0.25, -0.2) is 19.7 Å². The lowest BCUT2D eigenvalue weighted by Crippen LogP contribution is -2.16. The highest BCUT2D eigenvalue weighted by atomic mass is 32.1. The molecule has 0 saturated carbocycles. The number of benzene rings is 1. The first-order valence-electron chi connectivity index (χ1n) is 9.63. The van der Waals surface area contributed by atoms with E-state index < -0.39 is 0 Å². The summed E-state index contributed by atoms with van der Waals surface area (Å²) in [4.78, 5) is 27.4. The van der Waals surface area contributed by atoms with Crippen molar-refractivity contribution >= 4 is 33.3 Å². The van der Waals surface area contributed by atoms with Gasteiger partial charge in [-0.2, -0.15) is 5.10 Å². The van der Waals surface area contributed by atoms with Crippen molar-refractivity contribution in [1.29, 1.82) is 0 Å². The molecule has 3 heterocycles. The second kappa shape index (κ2) is 8.19. The van der Waals surface area contributed by atoms with Gasteiger partial charge in [0.05, 0.1) is 12.0 Å². The molecule has 1 aromatic carbocycles. The fourth-order valence-electron chi connectivity index (χ4n) is 3.31. The lowest BCUT2D eigenvalue weighted by atomic mass is 10.1. The Morgan fingerprint density at radius 3 is 2.60 bits per heavy atom. The van der Waals surface area contributed by atoms with Crippen molar-refractivity contribution in [1.82, 2.24) is 25.1 Å². The van der Waals surface area contributed by atoms with Gasteiger partial charge in [-0.05, 0) is 38.8 Å². The summed E-state index contributed by atoms with van der Waals surface area (Å²) in [6.07, 6.45) is 0. The molecule has 9 heteroatoms. The highest BCUT2D eigenvalue weighted by molar-refractivity contribution is 7.20. The molecular weight excluding hydrogens is 400 g/mol. The molecule has 30 heavy (non-hydrogen) atoms. The van der Waals surface area contributed by atoms with Crippen molar-refractivity contribution in [2.45, 2.75) is 33.7 Å². The molecule has 0 aliphatic carbocycles. The van der Waals surface area contributed by atoms with Crippen LogP contribution in [-0.4, -0.2) is 37.7 Å². The molecular formula is C21H22N6O2S. The van der Waals surface area contributed by atoms with E-state index in [2.05, 4.69) is 30.5 Å². The van der Waals surface area contributed by atoms with Crippen molar-refractivity contribution in [3.63, 3.8) is 0 Å². The number of aromatic amines is 1. The van der Waals surface area contributed by atoms with E-state index in [4.69, 9.17) is 4.74 Å². The topological polar surface area (TPSA) is 106 Å². The van der Waals surface area contributed by atoms with Gasteiger partial charge in [0.25, 0.3) is 0 Å². The monoisotopic (exact) mass is 422 g/mol. The third kappa shape index (κ3) is 3.76. The Labute approximate surface area is 177 Å². The summed E-state index contributed by atoms with van der Waals surface area (Å²) in [6.45, 7) is 7.70. The van der Waals surface area contributed by atoms with Crippen LogP contribution < -0.4 is 5.32 Å². The lowest BCUT2D eigenvalue weighted by molar-refractivity contribution is 0.0531. The van der Waals surface area contributed by atoms with Crippen molar-refractivity contribution in [3.8, 4) is 0 Å². The van der Waals surface area contributed by atoms with Crippen molar-refractivity contribution in [3.05, 3.63) is 63.8 Å². The zero-order valence-corrected chi connectivity index (χ0v) is 18.0. The van der Waals surface area contributed by atoms with Crippen LogP contribution in [0.3, 0.4) is 0 Å². The smallest absolute Gasteiger partial charge is 0.348 e. The molecule has 4 aromatic rings. The van der Waals surface area contributed by atoms with Gasteiger partial charge in [-0.15, -0.1) is 11.3 Å². The van der Waals surface area contributed by atoms with Crippen LogP contribution in [0.2, 0.25) is 0 Å². The number of anilines is 1. The highest BCUT2D eigenvalue weighted by Crippen LogP contribution is 2.36. The molecule has 0 bridgehead atoms. The number of carbonyl (C=O) groups is 1. The Bertz CT molecular complexity index is 1200. The van der Waals surface area contributed by atoms with Gasteiger partial charge in [-0.3, -0.25) is 5.10 Å². The molecule has 0 fully saturated rings. The number of nitrogens with one attached hydrogen (secondary N) is 2. The van der Waals surface area contributed by atoms with Crippen LogP contribution in [0.1, 0.15) is 51.2 Å². The second-order valence-corrected chi connectivity index (χ2v) is 7.84. The summed E-state index contributed by atoms with van der Waals surface area (Å²) in [5.74, 6) is 2.25. The Morgan fingerprint density at radius 1 is 1.17 bits per heavy atom. The van der Waals surface area contributed by atoms with Gasteiger partial charge in [0, 0.05) is 0 Å². The number of thiophene rings is 1. The summed E-state index contributed by atoms with van der Waals surface area (Å²) >= 11 is 1.32. The van der Waals surface area contributed by atoms with Gasteiger partial charge in [0.15, 0.2) is 5.82 Å². The minimum Gasteiger partial charge on any atom is -0.462 e. The molecule has 0 radical (unpaired) electrons. The molecule has 1 atom stereocenters. The van der Waals surface area contributed by atoms with Gasteiger partial charge in [0.2, 0.25) is 0 Å². The molecule has 1 unspecified atom stereocenters. The second-order valence-electron chi connectivity index (χ2n) is 6.84. The van der Waals surface area contributed by atoms with Gasteiger partial charge < -0.3 is 10.1 Å². The van der Waals surface area contributed by atoms with E-state index in [1.165, 1.54) is 11.3 Å². The van der Waals surface area contributed by atoms with Crippen LogP contribution >= 0.6 is 11.3 Å². The Hall–Kier alpha value is -3.33. The van der Waals surface area contributed by atoms with Gasteiger partial charge in [0.1, 0.15) is 33.2 Å². The van der Waals surface area contributed by atoms with E-state index in [1.807, 2.05) is 51.1 Å². The fourth-order valence-corrected chi connectivity index (χ4v) is 4.43. The fraction of sp³-hybridized carbons (Fsp3) is 0.286. The van der Waals surface area contributed by atoms with Crippen LogP contribution in [0.5, 0.6) is 0 Å². The summed E-state index contributed by atoms with van der Waals surface area (Å²) < 4.78 is 5.21. The molecule has 154 valence electrons. The highest BCUT2D eigenvalue weighted by Gasteiger charge is 2.24. The normalized spacial score (nSPS) is 12.1.